The molecule has 4 nitrogen and oxygen atoms in total. The number of esters is 2. The summed E-state index contributed by atoms with van der Waals surface area (Å²) in [5.74, 6) is 0.839. The summed E-state index contributed by atoms with van der Waals surface area (Å²) in [5.41, 5.74) is 1.24. The van der Waals surface area contributed by atoms with Crippen LogP contribution in [0.25, 0.3) is 0 Å². The molecule has 5 heteroatoms. The number of halogens is 1. The Balaban J connectivity index is 1.53. The van der Waals surface area contributed by atoms with Crippen LogP contribution in [0.15, 0.2) is 11.6 Å². The molecule has 0 heterocycles. The standard InChI is InChI=1S/C33H49ClO4/c1-20-9-13-29(3)15-16-32(6)22(27(29)21(20)2)17-23(35)28-31(5)12-8-11-30(4,18-25(36)38-26(37)19-34)24(31)10-14-33(28,32)7/h17,20-21,24,27-28H,8-16,18-19H2,1-7H3/t20-,21+,24+,27+,28-,29-,30?,31+,32-,33-/m1/s1. The first-order valence-corrected chi connectivity index (χ1v) is 15.7. The summed E-state index contributed by atoms with van der Waals surface area (Å²) in [6, 6.07) is 0. The van der Waals surface area contributed by atoms with Crippen molar-refractivity contribution in [1.29, 1.82) is 0 Å². The van der Waals surface area contributed by atoms with Crippen LogP contribution in [0, 0.1) is 56.7 Å². The number of allylic oxidation sites excluding steroid dienone is 2. The first-order chi connectivity index (χ1) is 17.7. The van der Waals surface area contributed by atoms with Crippen molar-refractivity contribution in [2.24, 2.45) is 56.7 Å². The fourth-order valence-electron chi connectivity index (χ4n) is 11.3. The number of carbonyl (C=O) groups excluding carboxylic acids is 3. The molecular weight excluding hydrogens is 496 g/mol. The maximum absolute atomic E-state index is 14.4. The molecule has 212 valence electrons. The van der Waals surface area contributed by atoms with E-state index in [1.165, 1.54) is 24.8 Å². The Labute approximate surface area is 235 Å². The van der Waals surface area contributed by atoms with E-state index in [1.807, 2.05) is 0 Å². The van der Waals surface area contributed by atoms with Crippen molar-refractivity contribution in [3.8, 4) is 0 Å². The van der Waals surface area contributed by atoms with Crippen molar-refractivity contribution < 1.29 is 19.1 Å². The van der Waals surface area contributed by atoms with Gasteiger partial charge in [-0.3, -0.25) is 14.4 Å². The van der Waals surface area contributed by atoms with E-state index in [0.29, 0.717) is 29.0 Å². The molecule has 0 saturated heterocycles. The van der Waals surface area contributed by atoms with E-state index in [9.17, 15) is 14.4 Å². The lowest BCUT2D eigenvalue weighted by Crippen LogP contribution is -2.65. The molecular formula is C33H49ClO4. The lowest BCUT2D eigenvalue weighted by Gasteiger charge is -2.70. The minimum atomic E-state index is -0.682. The van der Waals surface area contributed by atoms with Crippen molar-refractivity contribution in [1.82, 2.24) is 0 Å². The largest absolute Gasteiger partial charge is 0.392 e. The van der Waals surface area contributed by atoms with Gasteiger partial charge in [-0.05, 0) is 108 Å². The van der Waals surface area contributed by atoms with Crippen molar-refractivity contribution in [2.45, 2.75) is 113 Å². The van der Waals surface area contributed by atoms with Gasteiger partial charge in [0.1, 0.15) is 5.88 Å². The Hall–Kier alpha value is -1.16. The number of fused-ring (bicyclic) bond motifs is 7. The molecule has 1 unspecified atom stereocenters. The van der Waals surface area contributed by atoms with Gasteiger partial charge in [0.15, 0.2) is 5.78 Å². The molecule has 0 aromatic carbocycles. The third-order valence-corrected chi connectivity index (χ3v) is 13.8. The van der Waals surface area contributed by atoms with Crippen LogP contribution in [0.4, 0.5) is 0 Å². The number of carbonyl (C=O) groups is 3. The van der Waals surface area contributed by atoms with Crippen molar-refractivity contribution in [3.63, 3.8) is 0 Å². The van der Waals surface area contributed by atoms with Crippen molar-refractivity contribution in [2.75, 3.05) is 5.88 Å². The highest BCUT2D eigenvalue weighted by molar-refractivity contribution is 6.27. The lowest BCUT2D eigenvalue weighted by atomic mass is 9.33. The summed E-state index contributed by atoms with van der Waals surface area (Å²) in [4.78, 5) is 38.9. The van der Waals surface area contributed by atoms with Crippen LogP contribution in [0.1, 0.15) is 113 Å². The molecule has 0 N–H and O–H groups in total. The van der Waals surface area contributed by atoms with Crippen LogP contribution in [0.3, 0.4) is 0 Å². The topological polar surface area (TPSA) is 60.4 Å². The van der Waals surface area contributed by atoms with Gasteiger partial charge < -0.3 is 4.74 Å². The molecule has 5 aliphatic carbocycles. The molecule has 4 fully saturated rings. The van der Waals surface area contributed by atoms with Gasteiger partial charge >= 0.3 is 11.9 Å². The van der Waals surface area contributed by atoms with Gasteiger partial charge in [-0.1, -0.05) is 60.5 Å². The smallest absolute Gasteiger partial charge is 0.328 e. The third kappa shape index (κ3) is 3.85. The summed E-state index contributed by atoms with van der Waals surface area (Å²) in [5, 5.41) is 0. The van der Waals surface area contributed by atoms with E-state index in [4.69, 9.17) is 16.3 Å². The molecule has 0 amide bonds. The van der Waals surface area contributed by atoms with Gasteiger partial charge in [-0.25, -0.2) is 0 Å². The van der Waals surface area contributed by atoms with Crippen LogP contribution >= 0.6 is 11.6 Å². The molecule has 0 aromatic heterocycles. The fourth-order valence-corrected chi connectivity index (χ4v) is 11.4. The minimum absolute atomic E-state index is 0.0224. The van der Waals surface area contributed by atoms with Crippen LogP contribution in [0.5, 0.6) is 0 Å². The second-order valence-electron chi connectivity index (χ2n) is 15.5. The van der Waals surface area contributed by atoms with Crippen LogP contribution in [0.2, 0.25) is 0 Å². The average Bonchev–Trinajstić information content (AvgIpc) is 2.82. The van der Waals surface area contributed by atoms with Crippen molar-refractivity contribution in [3.05, 3.63) is 11.6 Å². The normalized spacial score (nSPS) is 50.1. The third-order valence-electron chi connectivity index (χ3n) is 13.6. The maximum atomic E-state index is 14.4. The molecule has 0 radical (unpaired) electrons. The molecule has 5 aliphatic rings. The Kier molecular flexibility index (Phi) is 6.85. The minimum Gasteiger partial charge on any atom is -0.392 e. The molecule has 0 aromatic rings. The Morgan fingerprint density at radius 2 is 1.66 bits per heavy atom. The predicted octanol–water partition coefficient (Wildman–Crippen LogP) is 7.91. The molecule has 5 rings (SSSR count). The molecule has 0 aliphatic heterocycles. The summed E-state index contributed by atoms with van der Waals surface area (Å²) in [6.07, 6.45) is 12.3. The van der Waals surface area contributed by atoms with Crippen molar-refractivity contribution >= 4 is 29.3 Å². The van der Waals surface area contributed by atoms with E-state index in [0.717, 1.165) is 38.5 Å². The summed E-state index contributed by atoms with van der Waals surface area (Å²) < 4.78 is 5.01. The van der Waals surface area contributed by atoms with Crippen LogP contribution in [-0.4, -0.2) is 23.6 Å². The van der Waals surface area contributed by atoms with Gasteiger partial charge in [0.25, 0.3) is 0 Å². The highest BCUT2D eigenvalue weighted by atomic mass is 35.5. The highest BCUT2D eigenvalue weighted by Crippen LogP contribution is 2.75. The first kappa shape index (κ1) is 28.4. The quantitative estimate of drug-likeness (QED) is 0.206. The highest BCUT2D eigenvalue weighted by Gasteiger charge is 2.69. The maximum Gasteiger partial charge on any atom is 0.328 e. The summed E-state index contributed by atoms with van der Waals surface area (Å²) in [7, 11) is 0. The average molecular weight is 545 g/mol. The van der Waals surface area contributed by atoms with E-state index in [-0.39, 0.29) is 45.8 Å². The fraction of sp³-hybridized carbons (Fsp3) is 0.848. The number of hydrogen-bond donors (Lipinski definition) is 0. The van der Waals surface area contributed by atoms with Gasteiger partial charge in [-0.15, -0.1) is 11.6 Å². The zero-order valence-electron chi connectivity index (χ0n) is 24.8. The number of rotatable bonds is 3. The lowest BCUT2D eigenvalue weighted by molar-refractivity contribution is -0.190. The second kappa shape index (κ2) is 9.18. The molecule has 10 atom stereocenters. The molecule has 38 heavy (non-hydrogen) atoms. The Bertz CT molecular complexity index is 1070. The van der Waals surface area contributed by atoms with E-state index >= 15 is 0 Å². The summed E-state index contributed by atoms with van der Waals surface area (Å²) >= 11 is 5.58. The van der Waals surface area contributed by atoms with Gasteiger partial charge in [0.05, 0.1) is 6.42 Å². The Morgan fingerprint density at radius 3 is 2.34 bits per heavy atom. The van der Waals surface area contributed by atoms with E-state index in [1.54, 1.807) is 0 Å². The molecule has 4 saturated carbocycles. The predicted molar refractivity (Wildman–Crippen MR) is 150 cm³/mol. The Morgan fingerprint density at radius 1 is 0.947 bits per heavy atom. The second-order valence-corrected chi connectivity index (χ2v) is 15.7. The SMILES string of the molecule is C[C@H]1[C@H](C)CC[C@]2(C)CC[C@]3(C)C(=CC(=O)[C@@H]4[C@@]5(C)CCCC(C)(CC(=O)OC(=O)CCl)[C@@H]5CC[C@]43C)[C@H]12. The first-order valence-electron chi connectivity index (χ1n) is 15.2. The monoisotopic (exact) mass is 544 g/mol. The van der Waals surface area contributed by atoms with E-state index in [2.05, 4.69) is 54.5 Å². The van der Waals surface area contributed by atoms with Crippen LogP contribution < -0.4 is 0 Å². The van der Waals surface area contributed by atoms with Crippen LogP contribution in [-0.2, 0) is 19.1 Å². The number of ketones is 1. The van der Waals surface area contributed by atoms with Gasteiger partial charge in [-0.2, -0.15) is 0 Å². The molecule has 0 bridgehead atoms. The van der Waals surface area contributed by atoms with Gasteiger partial charge in [0, 0.05) is 5.92 Å². The number of hydrogen-bond acceptors (Lipinski definition) is 4. The zero-order valence-corrected chi connectivity index (χ0v) is 25.5. The number of ether oxygens (including phenoxy) is 1. The number of alkyl halides is 1. The van der Waals surface area contributed by atoms with Gasteiger partial charge in [0.2, 0.25) is 0 Å². The molecule has 0 spiro atoms. The van der Waals surface area contributed by atoms with E-state index < -0.39 is 11.9 Å². The summed E-state index contributed by atoms with van der Waals surface area (Å²) in [6.45, 7) is 16.8. The zero-order chi connectivity index (χ0) is 27.9.